The lowest BCUT2D eigenvalue weighted by atomic mass is 10.1. The van der Waals surface area contributed by atoms with Gasteiger partial charge in [0.1, 0.15) is 0 Å². The maximum absolute atomic E-state index is 8.63. The maximum Gasteiger partial charge on any atom is 0.0669 e. The van der Waals surface area contributed by atoms with Gasteiger partial charge in [-0.3, -0.25) is 0 Å². The van der Waals surface area contributed by atoms with Crippen LogP contribution >= 0.6 is 0 Å². The fourth-order valence-electron chi connectivity index (χ4n) is 2.22. The van der Waals surface area contributed by atoms with E-state index in [9.17, 15) is 0 Å². The van der Waals surface area contributed by atoms with Crippen molar-refractivity contribution in [3.05, 3.63) is 29.8 Å². The lowest BCUT2D eigenvalue weighted by molar-refractivity contribution is 0.578. The number of unbranched alkanes of at least 4 members (excludes halogenated alkanes) is 4. The zero-order valence-corrected chi connectivity index (χ0v) is 12.3. The molecule has 0 aliphatic carbocycles. The Morgan fingerprint density at radius 3 is 2.42 bits per heavy atom. The van der Waals surface area contributed by atoms with Crippen LogP contribution in [0.5, 0.6) is 0 Å². The van der Waals surface area contributed by atoms with E-state index in [1.54, 1.807) is 0 Å². The van der Waals surface area contributed by atoms with Crippen LogP contribution in [0.2, 0.25) is 0 Å². The average Bonchev–Trinajstić information content (AvgIpc) is 2.41. The van der Waals surface area contributed by atoms with Crippen molar-refractivity contribution in [3.63, 3.8) is 0 Å². The van der Waals surface area contributed by atoms with Crippen molar-refractivity contribution < 1.29 is 0 Å². The van der Waals surface area contributed by atoms with Gasteiger partial charge in [0.2, 0.25) is 0 Å². The van der Waals surface area contributed by atoms with Crippen molar-refractivity contribution in [1.82, 2.24) is 0 Å². The van der Waals surface area contributed by atoms with E-state index in [4.69, 9.17) is 5.26 Å². The third kappa shape index (κ3) is 6.86. The molecule has 0 aromatic heterocycles. The van der Waals surface area contributed by atoms with Crippen molar-refractivity contribution in [1.29, 1.82) is 5.26 Å². The molecule has 1 aromatic rings. The molecule has 1 atom stereocenters. The molecule has 0 saturated heterocycles. The topological polar surface area (TPSA) is 35.8 Å². The molecule has 0 saturated carbocycles. The molecule has 1 unspecified atom stereocenters. The van der Waals surface area contributed by atoms with Crippen LogP contribution in [0.1, 0.15) is 57.9 Å². The van der Waals surface area contributed by atoms with Gasteiger partial charge in [-0.25, -0.2) is 0 Å². The van der Waals surface area contributed by atoms with Gasteiger partial charge in [-0.05, 0) is 31.0 Å². The predicted molar refractivity (Wildman–Crippen MR) is 82.2 cm³/mol. The Hall–Kier alpha value is -1.49. The van der Waals surface area contributed by atoms with Gasteiger partial charge in [0.25, 0.3) is 0 Å². The Bertz CT molecular complexity index is 375. The highest BCUT2D eigenvalue weighted by Crippen LogP contribution is 2.14. The first-order valence-electron chi connectivity index (χ1n) is 7.48. The summed E-state index contributed by atoms with van der Waals surface area (Å²) in [5.74, 6) is 0. The highest BCUT2D eigenvalue weighted by atomic mass is 14.9. The van der Waals surface area contributed by atoms with E-state index in [1.807, 2.05) is 12.1 Å². The second-order valence-electron chi connectivity index (χ2n) is 5.28. The van der Waals surface area contributed by atoms with Crippen LogP contribution in [0.25, 0.3) is 0 Å². The molecular formula is C17H26N2. The molecule has 104 valence electrons. The van der Waals surface area contributed by atoms with Gasteiger partial charge >= 0.3 is 0 Å². The third-order valence-electron chi connectivity index (χ3n) is 3.39. The summed E-state index contributed by atoms with van der Waals surface area (Å²) >= 11 is 0. The van der Waals surface area contributed by atoms with Gasteiger partial charge in [-0.2, -0.15) is 5.26 Å². The number of anilines is 1. The monoisotopic (exact) mass is 258 g/mol. The lowest BCUT2D eigenvalue weighted by Crippen LogP contribution is -2.14. The molecule has 0 fully saturated rings. The SMILES string of the molecule is CCCCCCCC(C)Nc1ccc(CC#N)cc1. The number of hydrogen-bond acceptors (Lipinski definition) is 2. The molecule has 0 amide bonds. The van der Waals surface area contributed by atoms with Crippen LogP contribution in [0.15, 0.2) is 24.3 Å². The van der Waals surface area contributed by atoms with Gasteiger partial charge in [0.15, 0.2) is 0 Å². The van der Waals surface area contributed by atoms with Crippen molar-refractivity contribution in [2.24, 2.45) is 0 Å². The standard InChI is InChI=1S/C17H26N2/c1-3-4-5-6-7-8-15(2)19-17-11-9-16(10-12-17)13-14-18/h9-12,15,19H,3-8,13H2,1-2H3. The van der Waals surface area contributed by atoms with Crippen LogP contribution in [-0.4, -0.2) is 6.04 Å². The Labute approximate surface area is 117 Å². The fraction of sp³-hybridized carbons (Fsp3) is 0.588. The Kier molecular flexibility index (Phi) is 7.74. The third-order valence-corrected chi connectivity index (χ3v) is 3.39. The largest absolute Gasteiger partial charge is 0.383 e. The summed E-state index contributed by atoms with van der Waals surface area (Å²) in [5.41, 5.74) is 2.24. The first-order chi connectivity index (χ1) is 9.26. The van der Waals surface area contributed by atoms with Crippen molar-refractivity contribution in [3.8, 4) is 6.07 Å². The number of nitrogens with one attached hydrogen (secondary N) is 1. The minimum Gasteiger partial charge on any atom is -0.383 e. The van der Waals surface area contributed by atoms with E-state index < -0.39 is 0 Å². The first kappa shape index (κ1) is 15.6. The molecule has 0 spiro atoms. The van der Waals surface area contributed by atoms with Crippen LogP contribution in [0.3, 0.4) is 0 Å². The minimum absolute atomic E-state index is 0.493. The summed E-state index contributed by atoms with van der Waals surface area (Å²) in [6, 6.07) is 10.9. The molecule has 1 rings (SSSR count). The van der Waals surface area contributed by atoms with Gasteiger partial charge in [-0.1, -0.05) is 51.2 Å². The molecule has 2 heteroatoms. The summed E-state index contributed by atoms with van der Waals surface area (Å²) in [5, 5.41) is 12.1. The first-order valence-corrected chi connectivity index (χ1v) is 7.48. The van der Waals surface area contributed by atoms with E-state index in [2.05, 4.69) is 37.4 Å². The quantitative estimate of drug-likeness (QED) is 0.638. The molecule has 1 aromatic carbocycles. The molecule has 0 aliphatic rings. The fourth-order valence-corrected chi connectivity index (χ4v) is 2.22. The van der Waals surface area contributed by atoms with E-state index in [1.165, 1.54) is 38.5 Å². The van der Waals surface area contributed by atoms with Crippen LogP contribution in [0.4, 0.5) is 5.69 Å². The smallest absolute Gasteiger partial charge is 0.0669 e. The van der Waals surface area contributed by atoms with Gasteiger partial charge in [0.05, 0.1) is 12.5 Å². The van der Waals surface area contributed by atoms with Crippen molar-refractivity contribution in [2.75, 3.05) is 5.32 Å². The summed E-state index contributed by atoms with van der Waals surface area (Å²) in [6.07, 6.45) is 8.41. The number of benzene rings is 1. The molecule has 0 heterocycles. The normalized spacial score (nSPS) is 11.8. The molecule has 2 nitrogen and oxygen atoms in total. The highest BCUT2D eigenvalue weighted by molar-refractivity contribution is 5.45. The second kappa shape index (κ2) is 9.44. The van der Waals surface area contributed by atoms with E-state index >= 15 is 0 Å². The van der Waals surface area contributed by atoms with E-state index in [0.717, 1.165) is 11.3 Å². The van der Waals surface area contributed by atoms with Crippen LogP contribution in [0, 0.1) is 11.3 Å². The van der Waals surface area contributed by atoms with Gasteiger partial charge in [-0.15, -0.1) is 0 Å². The summed E-state index contributed by atoms with van der Waals surface area (Å²) < 4.78 is 0. The van der Waals surface area contributed by atoms with E-state index in [0.29, 0.717) is 12.5 Å². The van der Waals surface area contributed by atoms with Crippen molar-refractivity contribution >= 4 is 5.69 Å². The molecule has 0 radical (unpaired) electrons. The average molecular weight is 258 g/mol. The summed E-state index contributed by atoms with van der Waals surface area (Å²) in [7, 11) is 0. The zero-order valence-electron chi connectivity index (χ0n) is 12.3. The highest BCUT2D eigenvalue weighted by Gasteiger charge is 2.02. The zero-order chi connectivity index (χ0) is 13.9. The minimum atomic E-state index is 0.493. The maximum atomic E-state index is 8.63. The predicted octanol–water partition coefficient (Wildman–Crippen LogP) is 4.91. The molecular weight excluding hydrogens is 232 g/mol. The molecule has 0 aliphatic heterocycles. The van der Waals surface area contributed by atoms with E-state index in [-0.39, 0.29) is 0 Å². The Morgan fingerprint density at radius 2 is 1.79 bits per heavy atom. The number of nitriles is 1. The number of rotatable bonds is 9. The Balaban J connectivity index is 2.24. The summed E-state index contributed by atoms with van der Waals surface area (Å²) in [4.78, 5) is 0. The lowest BCUT2D eigenvalue weighted by Gasteiger charge is -2.15. The van der Waals surface area contributed by atoms with Gasteiger partial charge < -0.3 is 5.32 Å². The molecule has 0 bridgehead atoms. The van der Waals surface area contributed by atoms with Crippen molar-refractivity contribution in [2.45, 2.75) is 64.8 Å². The Morgan fingerprint density at radius 1 is 1.11 bits per heavy atom. The van der Waals surface area contributed by atoms with Crippen LogP contribution < -0.4 is 5.32 Å². The molecule has 1 N–H and O–H groups in total. The summed E-state index contributed by atoms with van der Waals surface area (Å²) in [6.45, 7) is 4.49. The number of hydrogen-bond donors (Lipinski definition) is 1. The number of nitrogens with zero attached hydrogens (tertiary/aromatic N) is 1. The second-order valence-corrected chi connectivity index (χ2v) is 5.28. The molecule has 19 heavy (non-hydrogen) atoms. The van der Waals surface area contributed by atoms with Gasteiger partial charge in [0, 0.05) is 11.7 Å². The van der Waals surface area contributed by atoms with Crippen LogP contribution in [-0.2, 0) is 6.42 Å².